The Balaban J connectivity index is 1.58. The Morgan fingerprint density at radius 2 is 2.25 bits per heavy atom. The molecule has 0 amide bonds. The molecule has 1 N–H and O–H groups in total. The molecule has 130 valence electrons. The van der Waals surface area contributed by atoms with Gasteiger partial charge in [0.2, 0.25) is 5.89 Å². The Labute approximate surface area is 140 Å². The van der Waals surface area contributed by atoms with Gasteiger partial charge in [-0.15, -0.1) is 0 Å². The number of aromatic nitrogens is 2. The lowest BCUT2D eigenvalue weighted by molar-refractivity contribution is 0.171. The SMILES string of the molecule is Cc1nc(CN2CCC[C@@H](N[C@H](C)c3ccc(F)cc3F)C2)no1. The van der Waals surface area contributed by atoms with Crippen molar-refractivity contribution in [3.63, 3.8) is 0 Å². The zero-order valence-electron chi connectivity index (χ0n) is 13.9. The summed E-state index contributed by atoms with van der Waals surface area (Å²) in [7, 11) is 0. The highest BCUT2D eigenvalue weighted by Crippen LogP contribution is 2.21. The number of rotatable bonds is 5. The van der Waals surface area contributed by atoms with Crippen LogP contribution in [0.3, 0.4) is 0 Å². The molecule has 7 heteroatoms. The highest BCUT2D eigenvalue weighted by molar-refractivity contribution is 5.21. The predicted octanol–water partition coefficient (Wildman–Crippen LogP) is 2.97. The number of hydrogen-bond acceptors (Lipinski definition) is 5. The minimum absolute atomic E-state index is 0.178. The molecule has 0 radical (unpaired) electrons. The van der Waals surface area contributed by atoms with Crippen LogP contribution in [0.25, 0.3) is 0 Å². The normalized spacial score (nSPS) is 20.2. The number of halogens is 2. The maximum Gasteiger partial charge on any atom is 0.223 e. The molecule has 3 rings (SSSR count). The smallest absolute Gasteiger partial charge is 0.223 e. The van der Waals surface area contributed by atoms with Crippen molar-refractivity contribution in [3.8, 4) is 0 Å². The van der Waals surface area contributed by atoms with Gasteiger partial charge < -0.3 is 9.84 Å². The van der Waals surface area contributed by atoms with Crippen LogP contribution >= 0.6 is 0 Å². The second-order valence-corrected chi connectivity index (χ2v) is 6.36. The molecule has 1 fully saturated rings. The number of benzene rings is 1. The van der Waals surface area contributed by atoms with Gasteiger partial charge in [0.15, 0.2) is 5.82 Å². The number of nitrogens with one attached hydrogen (secondary N) is 1. The van der Waals surface area contributed by atoms with Crippen molar-refractivity contribution in [3.05, 3.63) is 47.1 Å². The quantitative estimate of drug-likeness (QED) is 0.910. The van der Waals surface area contributed by atoms with E-state index in [0.29, 0.717) is 23.8 Å². The van der Waals surface area contributed by atoms with Gasteiger partial charge in [-0.05, 0) is 32.4 Å². The minimum Gasteiger partial charge on any atom is -0.340 e. The first kappa shape index (κ1) is 17.0. The third-order valence-corrected chi connectivity index (χ3v) is 4.35. The number of likely N-dealkylation sites (tertiary alicyclic amines) is 1. The summed E-state index contributed by atoms with van der Waals surface area (Å²) < 4.78 is 31.9. The zero-order valence-corrected chi connectivity index (χ0v) is 13.9. The van der Waals surface area contributed by atoms with E-state index in [9.17, 15) is 8.78 Å². The molecule has 0 saturated carbocycles. The lowest BCUT2D eigenvalue weighted by atomic mass is 10.0. The Kier molecular flexibility index (Phi) is 5.20. The molecule has 0 spiro atoms. The molecule has 1 aliphatic heterocycles. The number of piperidine rings is 1. The first-order valence-electron chi connectivity index (χ1n) is 8.24. The third kappa shape index (κ3) is 4.15. The van der Waals surface area contributed by atoms with Gasteiger partial charge in [-0.1, -0.05) is 11.2 Å². The molecule has 0 unspecified atom stereocenters. The van der Waals surface area contributed by atoms with E-state index in [-0.39, 0.29) is 12.1 Å². The monoisotopic (exact) mass is 336 g/mol. The fourth-order valence-corrected chi connectivity index (χ4v) is 3.24. The van der Waals surface area contributed by atoms with E-state index < -0.39 is 11.6 Å². The average Bonchev–Trinajstić information content (AvgIpc) is 2.92. The topological polar surface area (TPSA) is 54.2 Å². The molecule has 5 nitrogen and oxygen atoms in total. The first-order valence-corrected chi connectivity index (χ1v) is 8.24. The van der Waals surface area contributed by atoms with Crippen molar-refractivity contribution in [2.75, 3.05) is 13.1 Å². The Hall–Kier alpha value is -1.86. The summed E-state index contributed by atoms with van der Waals surface area (Å²) in [5, 5.41) is 7.38. The molecular formula is C17H22F2N4O. The van der Waals surface area contributed by atoms with Crippen molar-refractivity contribution in [2.24, 2.45) is 0 Å². The Bertz CT molecular complexity index is 691. The molecule has 2 aromatic rings. The van der Waals surface area contributed by atoms with Crippen molar-refractivity contribution in [2.45, 2.75) is 45.3 Å². The molecule has 0 bridgehead atoms. The van der Waals surface area contributed by atoms with E-state index >= 15 is 0 Å². The summed E-state index contributed by atoms with van der Waals surface area (Å²) in [5.41, 5.74) is 0.488. The van der Waals surface area contributed by atoms with E-state index in [0.717, 1.165) is 32.0 Å². The summed E-state index contributed by atoms with van der Waals surface area (Å²) in [5.74, 6) is 0.190. The average molecular weight is 336 g/mol. The van der Waals surface area contributed by atoms with Crippen LogP contribution in [0.5, 0.6) is 0 Å². The molecule has 1 saturated heterocycles. The molecule has 0 aliphatic carbocycles. The maximum atomic E-state index is 13.9. The number of nitrogens with zero attached hydrogens (tertiary/aromatic N) is 3. The summed E-state index contributed by atoms with van der Waals surface area (Å²) >= 11 is 0. The molecular weight excluding hydrogens is 314 g/mol. The van der Waals surface area contributed by atoms with Crippen LogP contribution in [-0.4, -0.2) is 34.2 Å². The summed E-state index contributed by atoms with van der Waals surface area (Å²) in [6, 6.07) is 3.79. The van der Waals surface area contributed by atoms with Crippen LogP contribution in [0, 0.1) is 18.6 Å². The highest BCUT2D eigenvalue weighted by atomic mass is 19.1. The van der Waals surface area contributed by atoms with Crippen LogP contribution in [0.1, 0.15) is 43.1 Å². The van der Waals surface area contributed by atoms with E-state index in [2.05, 4.69) is 20.4 Å². The van der Waals surface area contributed by atoms with Crippen LogP contribution in [0.2, 0.25) is 0 Å². The van der Waals surface area contributed by atoms with E-state index in [1.807, 2.05) is 6.92 Å². The van der Waals surface area contributed by atoms with Gasteiger partial charge in [0.25, 0.3) is 0 Å². The predicted molar refractivity (Wildman–Crippen MR) is 85.2 cm³/mol. The summed E-state index contributed by atoms with van der Waals surface area (Å²) in [6.45, 7) is 6.13. The third-order valence-electron chi connectivity index (χ3n) is 4.35. The molecule has 1 aromatic heterocycles. The van der Waals surface area contributed by atoms with Crippen LogP contribution in [0.15, 0.2) is 22.7 Å². The van der Waals surface area contributed by atoms with Gasteiger partial charge in [-0.2, -0.15) is 4.98 Å². The van der Waals surface area contributed by atoms with Crippen molar-refractivity contribution in [1.82, 2.24) is 20.4 Å². The van der Waals surface area contributed by atoms with Crippen molar-refractivity contribution >= 4 is 0 Å². The molecule has 1 aliphatic rings. The Morgan fingerprint density at radius 3 is 2.96 bits per heavy atom. The van der Waals surface area contributed by atoms with Crippen LogP contribution in [-0.2, 0) is 6.54 Å². The van der Waals surface area contributed by atoms with E-state index in [4.69, 9.17) is 4.52 Å². The standard InChI is InChI=1S/C17H22F2N4O/c1-11(15-6-5-13(18)8-16(15)19)20-14-4-3-7-23(9-14)10-17-21-12(2)24-22-17/h5-6,8,11,14,20H,3-4,7,9-10H2,1-2H3/t11-,14-/m1/s1. The summed E-state index contributed by atoms with van der Waals surface area (Å²) in [6.07, 6.45) is 2.07. The van der Waals surface area contributed by atoms with Gasteiger partial charge in [-0.25, -0.2) is 8.78 Å². The summed E-state index contributed by atoms with van der Waals surface area (Å²) in [4.78, 5) is 6.50. The van der Waals surface area contributed by atoms with Gasteiger partial charge >= 0.3 is 0 Å². The van der Waals surface area contributed by atoms with Crippen LogP contribution < -0.4 is 5.32 Å². The lowest BCUT2D eigenvalue weighted by Crippen LogP contribution is -2.46. The van der Waals surface area contributed by atoms with Gasteiger partial charge in [0.05, 0.1) is 6.54 Å². The maximum absolute atomic E-state index is 13.9. The largest absolute Gasteiger partial charge is 0.340 e. The fraction of sp³-hybridized carbons (Fsp3) is 0.529. The van der Waals surface area contributed by atoms with Crippen LogP contribution in [0.4, 0.5) is 8.78 Å². The van der Waals surface area contributed by atoms with Gasteiger partial charge in [0.1, 0.15) is 11.6 Å². The zero-order chi connectivity index (χ0) is 17.1. The molecule has 2 heterocycles. The van der Waals surface area contributed by atoms with E-state index in [1.54, 1.807) is 6.92 Å². The van der Waals surface area contributed by atoms with Crippen molar-refractivity contribution < 1.29 is 13.3 Å². The fourth-order valence-electron chi connectivity index (χ4n) is 3.24. The van der Waals surface area contributed by atoms with Gasteiger partial charge in [-0.3, -0.25) is 4.90 Å². The number of hydrogen-bond donors (Lipinski definition) is 1. The number of aryl methyl sites for hydroxylation is 1. The van der Waals surface area contributed by atoms with E-state index in [1.165, 1.54) is 12.1 Å². The second kappa shape index (κ2) is 7.36. The van der Waals surface area contributed by atoms with Gasteiger partial charge in [0, 0.05) is 37.2 Å². The molecule has 2 atom stereocenters. The second-order valence-electron chi connectivity index (χ2n) is 6.36. The minimum atomic E-state index is -0.553. The van der Waals surface area contributed by atoms with Crippen molar-refractivity contribution in [1.29, 1.82) is 0 Å². The Morgan fingerprint density at radius 1 is 1.42 bits per heavy atom. The highest BCUT2D eigenvalue weighted by Gasteiger charge is 2.23. The molecule has 24 heavy (non-hydrogen) atoms. The first-order chi connectivity index (χ1) is 11.5. The molecule has 1 aromatic carbocycles. The lowest BCUT2D eigenvalue weighted by Gasteiger charge is -2.34.